The van der Waals surface area contributed by atoms with Gasteiger partial charge in [-0.2, -0.15) is 0 Å². The molecule has 0 saturated carbocycles. The summed E-state index contributed by atoms with van der Waals surface area (Å²) >= 11 is 0. The fraction of sp³-hybridized carbons (Fsp3) is 0.900. The highest BCUT2D eigenvalue weighted by atomic mass is 32.2. The van der Waals surface area contributed by atoms with Crippen molar-refractivity contribution < 1.29 is 13.2 Å². The second-order valence-corrected chi connectivity index (χ2v) is 6.33. The Morgan fingerprint density at radius 3 is 2.50 bits per heavy atom. The Balaban J connectivity index is 2.72. The molecular formula is C10H20N2O3S. The number of rotatable bonds is 3. The van der Waals surface area contributed by atoms with Crippen molar-refractivity contribution in [1.29, 1.82) is 0 Å². The van der Waals surface area contributed by atoms with Gasteiger partial charge in [0.15, 0.2) is 0 Å². The second-order valence-electron chi connectivity index (χ2n) is 4.58. The third kappa shape index (κ3) is 3.75. The number of hydrogen-bond donors (Lipinski definition) is 1. The van der Waals surface area contributed by atoms with Crippen LogP contribution in [-0.4, -0.2) is 44.1 Å². The van der Waals surface area contributed by atoms with E-state index in [4.69, 9.17) is 0 Å². The molecule has 5 nitrogen and oxygen atoms in total. The smallest absolute Gasteiger partial charge is 0.250 e. The van der Waals surface area contributed by atoms with Crippen LogP contribution in [0.5, 0.6) is 0 Å². The number of amides is 1. The summed E-state index contributed by atoms with van der Waals surface area (Å²) in [6.07, 6.45) is 3.79. The molecule has 1 amide bonds. The van der Waals surface area contributed by atoms with Crippen LogP contribution in [0.15, 0.2) is 0 Å². The molecule has 1 saturated heterocycles. The molecule has 1 aliphatic rings. The molecule has 0 radical (unpaired) electrons. The summed E-state index contributed by atoms with van der Waals surface area (Å²) in [5.41, 5.74) is 0. The van der Waals surface area contributed by atoms with Gasteiger partial charge < -0.3 is 0 Å². The van der Waals surface area contributed by atoms with Crippen molar-refractivity contribution in [2.45, 2.75) is 45.2 Å². The normalized spacial score (nSPS) is 23.4. The highest BCUT2D eigenvalue weighted by molar-refractivity contribution is 7.89. The van der Waals surface area contributed by atoms with E-state index in [2.05, 4.69) is 9.62 Å². The first-order valence-corrected chi connectivity index (χ1v) is 7.48. The van der Waals surface area contributed by atoms with Crippen LogP contribution < -0.4 is 4.72 Å². The van der Waals surface area contributed by atoms with Crippen LogP contribution in [0.2, 0.25) is 0 Å². The van der Waals surface area contributed by atoms with Crippen molar-refractivity contribution in [3.05, 3.63) is 0 Å². The molecule has 1 fully saturated rings. The Morgan fingerprint density at radius 1 is 1.38 bits per heavy atom. The average molecular weight is 248 g/mol. The van der Waals surface area contributed by atoms with E-state index in [1.165, 1.54) is 0 Å². The van der Waals surface area contributed by atoms with Gasteiger partial charge in [0.2, 0.25) is 10.0 Å². The standard InChI is InChI=1S/C10H20N2O3S/c1-8(2)12-7-5-4-6-9(12)10(13)11-16(3,14)15/h8-9H,4-7H2,1-3H3,(H,11,13). The Labute approximate surface area is 97.2 Å². The molecule has 16 heavy (non-hydrogen) atoms. The van der Waals surface area contributed by atoms with Gasteiger partial charge >= 0.3 is 0 Å². The molecule has 0 aromatic rings. The highest BCUT2D eigenvalue weighted by Crippen LogP contribution is 2.19. The summed E-state index contributed by atoms with van der Waals surface area (Å²) in [5.74, 6) is -0.393. The maximum absolute atomic E-state index is 11.8. The van der Waals surface area contributed by atoms with Gasteiger partial charge in [-0.15, -0.1) is 0 Å². The first kappa shape index (κ1) is 13.4. The Kier molecular flexibility index (Phi) is 4.32. The van der Waals surface area contributed by atoms with Gasteiger partial charge in [-0.1, -0.05) is 6.42 Å². The zero-order chi connectivity index (χ0) is 12.3. The van der Waals surface area contributed by atoms with Gasteiger partial charge in [0, 0.05) is 6.04 Å². The zero-order valence-corrected chi connectivity index (χ0v) is 10.9. The molecule has 0 bridgehead atoms. The van der Waals surface area contributed by atoms with Gasteiger partial charge in [-0.05, 0) is 33.2 Å². The number of carbonyl (C=O) groups excluding carboxylic acids is 1. The minimum atomic E-state index is -3.45. The average Bonchev–Trinajstić information content (AvgIpc) is 2.15. The fourth-order valence-electron chi connectivity index (χ4n) is 2.10. The van der Waals surface area contributed by atoms with E-state index in [1.54, 1.807) is 0 Å². The molecule has 1 heterocycles. The summed E-state index contributed by atoms with van der Waals surface area (Å²) in [5, 5.41) is 0. The lowest BCUT2D eigenvalue weighted by atomic mass is 10.00. The first-order chi connectivity index (χ1) is 7.31. The van der Waals surface area contributed by atoms with Gasteiger partial charge in [-0.25, -0.2) is 8.42 Å². The summed E-state index contributed by atoms with van der Waals surface area (Å²) in [4.78, 5) is 13.9. The molecule has 1 N–H and O–H groups in total. The van der Waals surface area contributed by atoms with Crippen molar-refractivity contribution in [1.82, 2.24) is 9.62 Å². The molecule has 6 heteroatoms. The molecule has 1 rings (SSSR count). The summed E-state index contributed by atoms with van der Waals surface area (Å²) in [6.45, 7) is 4.90. The highest BCUT2D eigenvalue weighted by Gasteiger charge is 2.31. The SMILES string of the molecule is CC(C)N1CCCCC1C(=O)NS(C)(=O)=O. The molecule has 0 aromatic heterocycles. The van der Waals surface area contributed by atoms with Crippen molar-refractivity contribution in [3.63, 3.8) is 0 Å². The largest absolute Gasteiger partial charge is 0.290 e. The summed E-state index contributed by atoms with van der Waals surface area (Å²) < 4.78 is 24.1. The van der Waals surface area contributed by atoms with Crippen LogP contribution in [-0.2, 0) is 14.8 Å². The molecule has 0 aromatic carbocycles. The van der Waals surface area contributed by atoms with Gasteiger partial charge in [0.1, 0.15) is 0 Å². The molecule has 1 unspecified atom stereocenters. The maximum Gasteiger partial charge on any atom is 0.250 e. The maximum atomic E-state index is 11.8. The minimum Gasteiger partial charge on any atom is -0.290 e. The van der Waals surface area contributed by atoms with E-state index in [0.717, 1.165) is 32.1 Å². The van der Waals surface area contributed by atoms with E-state index in [0.29, 0.717) is 0 Å². The van der Waals surface area contributed by atoms with E-state index in [1.807, 2.05) is 13.8 Å². The third-order valence-corrected chi connectivity index (χ3v) is 3.37. The third-order valence-electron chi connectivity index (χ3n) is 2.80. The molecule has 0 spiro atoms. The number of sulfonamides is 1. The molecule has 0 aliphatic carbocycles. The quantitative estimate of drug-likeness (QED) is 0.781. The Hall–Kier alpha value is -0.620. The van der Waals surface area contributed by atoms with Crippen molar-refractivity contribution in [3.8, 4) is 0 Å². The van der Waals surface area contributed by atoms with Crippen molar-refractivity contribution in [2.24, 2.45) is 0 Å². The van der Waals surface area contributed by atoms with Crippen LogP contribution in [0, 0.1) is 0 Å². The lowest BCUT2D eigenvalue weighted by Gasteiger charge is -2.37. The van der Waals surface area contributed by atoms with Crippen molar-refractivity contribution in [2.75, 3.05) is 12.8 Å². The predicted molar refractivity (Wildman–Crippen MR) is 62.5 cm³/mol. The molecule has 94 valence electrons. The predicted octanol–water partition coefficient (Wildman–Crippen LogP) is 0.325. The molecule has 1 aliphatic heterocycles. The van der Waals surface area contributed by atoms with E-state index in [-0.39, 0.29) is 12.1 Å². The van der Waals surface area contributed by atoms with E-state index < -0.39 is 15.9 Å². The van der Waals surface area contributed by atoms with Gasteiger partial charge in [0.05, 0.1) is 12.3 Å². The topological polar surface area (TPSA) is 66.5 Å². The minimum absolute atomic E-state index is 0.260. The summed E-state index contributed by atoms with van der Waals surface area (Å²) in [7, 11) is -3.45. The van der Waals surface area contributed by atoms with Crippen LogP contribution >= 0.6 is 0 Å². The lowest BCUT2D eigenvalue weighted by Crippen LogP contribution is -2.52. The fourth-order valence-corrected chi connectivity index (χ4v) is 2.61. The number of piperidine rings is 1. The van der Waals surface area contributed by atoms with E-state index in [9.17, 15) is 13.2 Å². The second kappa shape index (κ2) is 5.14. The van der Waals surface area contributed by atoms with Crippen LogP contribution in [0.1, 0.15) is 33.1 Å². The number of nitrogens with zero attached hydrogens (tertiary/aromatic N) is 1. The number of likely N-dealkylation sites (tertiary alicyclic amines) is 1. The van der Waals surface area contributed by atoms with Gasteiger partial charge in [0.25, 0.3) is 5.91 Å². The Morgan fingerprint density at radius 2 is 2.00 bits per heavy atom. The molecule has 1 atom stereocenters. The zero-order valence-electron chi connectivity index (χ0n) is 10.1. The van der Waals surface area contributed by atoms with Gasteiger partial charge in [-0.3, -0.25) is 14.4 Å². The van der Waals surface area contributed by atoms with Crippen LogP contribution in [0.4, 0.5) is 0 Å². The lowest BCUT2D eigenvalue weighted by molar-refractivity contribution is -0.126. The number of carbonyl (C=O) groups is 1. The van der Waals surface area contributed by atoms with Crippen molar-refractivity contribution >= 4 is 15.9 Å². The first-order valence-electron chi connectivity index (χ1n) is 5.58. The molecular weight excluding hydrogens is 228 g/mol. The van der Waals surface area contributed by atoms with Crippen LogP contribution in [0.3, 0.4) is 0 Å². The van der Waals surface area contributed by atoms with Crippen LogP contribution in [0.25, 0.3) is 0 Å². The van der Waals surface area contributed by atoms with E-state index >= 15 is 0 Å². The summed E-state index contributed by atoms with van der Waals surface area (Å²) in [6, 6.07) is -0.0425. The number of hydrogen-bond acceptors (Lipinski definition) is 4. The monoisotopic (exact) mass is 248 g/mol. The number of nitrogens with one attached hydrogen (secondary N) is 1. The Bertz CT molecular complexity index is 351.